The lowest BCUT2D eigenvalue weighted by atomic mass is 10.1. The van der Waals surface area contributed by atoms with Gasteiger partial charge >= 0.3 is 6.18 Å². The van der Waals surface area contributed by atoms with Crippen LogP contribution >= 0.6 is 0 Å². The smallest absolute Gasteiger partial charge is 0.384 e. The summed E-state index contributed by atoms with van der Waals surface area (Å²) < 4.78 is 38.7. The molecule has 0 radical (unpaired) electrons. The van der Waals surface area contributed by atoms with E-state index in [9.17, 15) is 18.0 Å². The molecule has 0 saturated heterocycles. The molecule has 164 valence electrons. The standard InChI is InChI=1S/C23H20F3N5O/c1-13-6-9-18(31-22(32)15-4-3-5-17(10-15)23(24,25)26)11-14(13)7-8-16-12-30-21(29-2)19(16)20(27)28/h3-6,9-12,29-30H,1-2H3,(H3,27,28)(H,31,32). The van der Waals surface area contributed by atoms with Crippen molar-refractivity contribution in [2.75, 3.05) is 17.7 Å². The van der Waals surface area contributed by atoms with Crippen LogP contribution in [0.2, 0.25) is 0 Å². The Morgan fingerprint density at radius 3 is 2.50 bits per heavy atom. The fourth-order valence-corrected chi connectivity index (χ4v) is 3.01. The molecule has 2 aromatic carbocycles. The second-order valence-electron chi connectivity index (χ2n) is 6.93. The van der Waals surface area contributed by atoms with Crippen molar-refractivity contribution in [1.82, 2.24) is 4.98 Å². The zero-order valence-corrected chi connectivity index (χ0v) is 17.2. The first-order chi connectivity index (χ1) is 15.1. The highest BCUT2D eigenvalue weighted by Crippen LogP contribution is 2.29. The Morgan fingerprint density at radius 1 is 1.12 bits per heavy atom. The van der Waals surface area contributed by atoms with Crippen LogP contribution in [0.5, 0.6) is 0 Å². The molecule has 3 rings (SSSR count). The first-order valence-electron chi connectivity index (χ1n) is 9.45. The van der Waals surface area contributed by atoms with Crippen LogP contribution in [0, 0.1) is 24.2 Å². The number of nitrogens with one attached hydrogen (secondary N) is 4. The van der Waals surface area contributed by atoms with E-state index in [2.05, 4.69) is 27.5 Å². The van der Waals surface area contributed by atoms with E-state index >= 15 is 0 Å². The Morgan fingerprint density at radius 2 is 1.84 bits per heavy atom. The SMILES string of the molecule is CNc1[nH]cc(C#Cc2cc(NC(=O)c3cccc(C(F)(F)F)c3)ccc2C)c1C(=N)N. The van der Waals surface area contributed by atoms with Crippen molar-refractivity contribution in [3.8, 4) is 11.8 Å². The molecule has 1 aromatic heterocycles. The van der Waals surface area contributed by atoms with Crippen LogP contribution in [0.1, 0.15) is 38.2 Å². The lowest BCUT2D eigenvalue weighted by Crippen LogP contribution is -2.14. The van der Waals surface area contributed by atoms with Crippen LogP contribution in [-0.4, -0.2) is 23.8 Å². The van der Waals surface area contributed by atoms with Gasteiger partial charge in [0.05, 0.1) is 16.7 Å². The van der Waals surface area contributed by atoms with Gasteiger partial charge in [-0.05, 0) is 42.8 Å². The van der Waals surface area contributed by atoms with Crippen LogP contribution in [0.15, 0.2) is 48.7 Å². The largest absolute Gasteiger partial charge is 0.416 e. The predicted molar refractivity (Wildman–Crippen MR) is 118 cm³/mol. The summed E-state index contributed by atoms with van der Waals surface area (Å²) in [7, 11) is 1.69. The van der Waals surface area contributed by atoms with Crippen molar-refractivity contribution in [1.29, 1.82) is 5.41 Å². The van der Waals surface area contributed by atoms with E-state index < -0.39 is 17.6 Å². The van der Waals surface area contributed by atoms with Crippen molar-refractivity contribution in [2.24, 2.45) is 5.73 Å². The number of aromatic amines is 1. The van der Waals surface area contributed by atoms with Crippen LogP contribution in [0.4, 0.5) is 24.7 Å². The molecule has 0 aliphatic carbocycles. The summed E-state index contributed by atoms with van der Waals surface area (Å²) in [6.45, 7) is 1.84. The third kappa shape index (κ3) is 4.92. The van der Waals surface area contributed by atoms with E-state index in [0.717, 1.165) is 17.7 Å². The molecular weight excluding hydrogens is 419 g/mol. The van der Waals surface area contributed by atoms with Crippen molar-refractivity contribution < 1.29 is 18.0 Å². The molecule has 0 atom stereocenters. The number of amides is 1. The summed E-state index contributed by atoms with van der Waals surface area (Å²) in [5.74, 6) is 5.72. The molecule has 0 saturated carbocycles. The van der Waals surface area contributed by atoms with E-state index in [1.807, 2.05) is 6.92 Å². The van der Waals surface area contributed by atoms with Gasteiger partial charge in [-0.15, -0.1) is 0 Å². The molecule has 1 heterocycles. The maximum Gasteiger partial charge on any atom is 0.416 e. The normalized spacial score (nSPS) is 10.8. The number of alkyl halides is 3. The average Bonchev–Trinajstić information content (AvgIpc) is 3.17. The minimum Gasteiger partial charge on any atom is -0.384 e. The summed E-state index contributed by atoms with van der Waals surface area (Å²) in [6.07, 6.45) is -2.91. The van der Waals surface area contributed by atoms with Crippen molar-refractivity contribution in [3.63, 3.8) is 0 Å². The number of H-pyrrole nitrogens is 1. The monoisotopic (exact) mass is 439 g/mol. The molecular formula is C23H20F3N5O. The van der Waals surface area contributed by atoms with E-state index in [-0.39, 0.29) is 11.4 Å². The zero-order valence-electron chi connectivity index (χ0n) is 17.2. The van der Waals surface area contributed by atoms with Gasteiger partial charge in [0.25, 0.3) is 5.91 Å². The van der Waals surface area contributed by atoms with Gasteiger partial charge in [0.15, 0.2) is 0 Å². The van der Waals surface area contributed by atoms with Gasteiger partial charge < -0.3 is 21.4 Å². The number of amidine groups is 1. The van der Waals surface area contributed by atoms with Gasteiger partial charge in [0.1, 0.15) is 11.7 Å². The number of nitrogen functional groups attached to an aromatic ring is 1. The van der Waals surface area contributed by atoms with Crippen molar-refractivity contribution in [3.05, 3.63) is 82.0 Å². The number of rotatable bonds is 4. The Balaban J connectivity index is 1.87. The highest BCUT2D eigenvalue weighted by Gasteiger charge is 2.30. The molecule has 9 heteroatoms. The van der Waals surface area contributed by atoms with E-state index in [4.69, 9.17) is 11.1 Å². The van der Waals surface area contributed by atoms with Gasteiger partial charge in [-0.1, -0.05) is 24.0 Å². The van der Waals surface area contributed by atoms with Gasteiger partial charge in [-0.25, -0.2) is 0 Å². The number of nitrogens with two attached hydrogens (primary N) is 1. The number of carbonyl (C=O) groups excluding carboxylic acids is 1. The minimum atomic E-state index is -4.53. The number of aryl methyl sites for hydroxylation is 1. The predicted octanol–water partition coefficient (Wildman–Crippen LogP) is 4.32. The zero-order chi connectivity index (χ0) is 23.5. The molecule has 0 spiro atoms. The van der Waals surface area contributed by atoms with Crippen molar-refractivity contribution >= 4 is 23.2 Å². The highest BCUT2D eigenvalue weighted by atomic mass is 19.4. The molecule has 1 amide bonds. The fourth-order valence-electron chi connectivity index (χ4n) is 3.01. The molecule has 0 aliphatic heterocycles. The fraction of sp³-hybridized carbons (Fsp3) is 0.130. The topological polar surface area (TPSA) is 107 Å². The van der Waals surface area contributed by atoms with Crippen molar-refractivity contribution in [2.45, 2.75) is 13.1 Å². The Bertz CT molecular complexity index is 1250. The minimum absolute atomic E-state index is 0.106. The Labute approximate surface area is 182 Å². The summed E-state index contributed by atoms with van der Waals surface area (Å²) >= 11 is 0. The molecule has 32 heavy (non-hydrogen) atoms. The second-order valence-corrected chi connectivity index (χ2v) is 6.93. The number of aromatic nitrogens is 1. The lowest BCUT2D eigenvalue weighted by Gasteiger charge is -2.10. The number of halogens is 3. The average molecular weight is 439 g/mol. The number of carbonyl (C=O) groups is 1. The van der Waals surface area contributed by atoms with E-state index in [0.29, 0.717) is 28.2 Å². The second kappa shape index (κ2) is 8.89. The van der Waals surface area contributed by atoms with Gasteiger partial charge in [0.2, 0.25) is 0 Å². The molecule has 6 N–H and O–H groups in total. The first kappa shape index (κ1) is 22.5. The maximum atomic E-state index is 12.9. The number of hydrogen-bond donors (Lipinski definition) is 5. The summed E-state index contributed by atoms with van der Waals surface area (Å²) in [4.78, 5) is 15.4. The van der Waals surface area contributed by atoms with E-state index in [1.165, 1.54) is 12.1 Å². The first-order valence-corrected chi connectivity index (χ1v) is 9.45. The quantitative estimate of drug-likeness (QED) is 0.237. The van der Waals surface area contributed by atoms with Crippen LogP contribution in [-0.2, 0) is 6.18 Å². The third-order valence-electron chi connectivity index (χ3n) is 4.68. The van der Waals surface area contributed by atoms with Gasteiger partial charge in [0, 0.05) is 30.1 Å². The summed E-state index contributed by atoms with van der Waals surface area (Å²) in [5.41, 5.74) is 7.45. The lowest BCUT2D eigenvalue weighted by molar-refractivity contribution is -0.137. The number of anilines is 2. The molecule has 0 bridgehead atoms. The van der Waals surface area contributed by atoms with Crippen LogP contribution < -0.4 is 16.4 Å². The summed E-state index contributed by atoms with van der Waals surface area (Å²) in [5, 5.41) is 13.2. The van der Waals surface area contributed by atoms with Gasteiger partial charge in [-0.3, -0.25) is 10.2 Å². The summed E-state index contributed by atoms with van der Waals surface area (Å²) in [6, 6.07) is 9.23. The molecule has 0 fully saturated rings. The maximum absolute atomic E-state index is 12.9. The van der Waals surface area contributed by atoms with E-state index in [1.54, 1.807) is 31.4 Å². The molecule has 0 aliphatic rings. The Kier molecular flexibility index (Phi) is 6.25. The Hall–Kier alpha value is -4.19. The molecule has 6 nitrogen and oxygen atoms in total. The number of benzene rings is 2. The molecule has 0 unspecified atom stereocenters. The molecule has 3 aromatic rings. The highest BCUT2D eigenvalue weighted by molar-refractivity contribution is 6.04. The number of hydrogen-bond acceptors (Lipinski definition) is 3. The van der Waals surface area contributed by atoms with Crippen LogP contribution in [0.3, 0.4) is 0 Å². The van der Waals surface area contributed by atoms with Crippen LogP contribution in [0.25, 0.3) is 0 Å². The third-order valence-corrected chi connectivity index (χ3v) is 4.68. The van der Waals surface area contributed by atoms with Gasteiger partial charge in [-0.2, -0.15) is 13.2 Å².